The van der Waals surface area contributed by atoms with Crippen molar-refractivity contribution in [2.75, 3.05) is 0 Å². The van der Waals surface area contributed by atoms with E-state index in [1.807, 2.05) is 0 Å². The number of rotatable bonds is 48. The van der Waals surface area contributed by atoms with E-state index in [9.17, 15) is 0 Å². The number of hydrogen-bond donors (Lipinski definition) is 0. The van der Waals surface area contributed by atoms with Crippen molar-refractivity contribution in [3.05, 3.63) is 215 Å². The Kier molecular flexibility index (Phi) is 28.0. The van der Waals surface area contributed by atoms with Gasteiger partial charge in [-0.2, -0.15) is 0 Å². The molecule has 16 rings (SSSR count). The van der Waals surface area contributed by atoms with Crippen molar-refractivity contribution in [1.82, 2.24) is 13.7 Å². The third kappa shape index (κ3) is 16.2. The molecule has 0 bridgehead atoms. The monoisotopic (exact) mass is 1590 g/mol. The van der Waals surface area contributed by atoms with E-state index in [-0.39, 0.29) is 16.2 Å². The minimum Gasteiger partial charge on any atom is -0.340 e. The Labute approximate surface area is 724 Å². The summed E-state index contributed by atoms with van der Waals surface area (Å²) >= 11 is 0. The standard InChI is InChI=1S/C117H147N3/c1-10-19-28-43-70-115(71-44-29-20-11-2)100-55-40-37-52-91(100)94-64-58-88(82-103(94)115)85-61-67-106-97(79-85)109-112(118(106)76-49-34-25-16-7)110-99-81-87(90-60-66-96-93-54-39-42-57-102(93)117(105(96)84-90,74-47-32-23-14-5)75-48-33-24-15-6)63-69-108(99)120(78-51-36-27-18-9)114(110)111-98-80-86(62-68-107(98)119(113(109)111)77-50-35-26-17-8)89-59-65-95-92-53-38-41-56-101(92)116(104(95)83-89,72-45-30-21-12-3)73-46-31-22-13-4/h37-42,52-69,79-84H,10-36,43-51,70-78H2,1-9H3. The van der Waals surface area contributed by atoms with Gasteiger partial charge in [-0.1, -0.05) is 402 Å². The Balaban J connectivity index is 0.995. The number of fused-ring (bicyclic) bond motifs is 21. The molecule has 3 aliphatic carbocycles. The summed E-state index contributed by atoms with van der Waals surface area (Å²) in [7, 11) is 0. The second kappa shape index (κ2) is 39.4. The molecule has 3 aromatic heterocycles. The predicted molar refractivity (Wildman–Crippen MR) is 525 cm³/mol. The first-order valence-electron chi connectivity index (χ1n) is 49.9. The van der Waals surface area contributed by atoms with E-state index in [1.165, 1.54) is 383 Å². The molecule has 0 saturated carbocycles. The zero-order chi connectivity index (χ0) is 82.6. The molecular formula is C117H147N3. The quantitative estimate of drug-likeness (QED) is 0.0338. The van der Waals surface area contributed by atoms with Gasteiger partial charge in [0, 0.05) is 84.7 Å². The highest BCUT2D eigenvalue weighted by Gasteiger charge is 2.46. The van der Waals surface area contributed by atoms with E-state index < -0.39 is 0 Å². The normalized spacial score (nSPS) is 14.1. The van der Waals surface area contributed by atoms with Crippen LogP contribution in [0.25, 0.3) is 132 Å². The summed E-state index contributed by atoms with van der Waals surface area (Å²) in [5.41, 5.74) is 34.9. The molecule has 0 aliphatic heterocycles. The summed E-state index contributed by atoms with van der Waals surface area (Å²) in [5.74, 6) is 0. The molecular weight excluding hydrogens is 1450 g/mol. The molecule has 630 valence electrons. The summed E-state index contributed by atoms with van der Waals surface area (Å²) in [6.45, 7) is 24.4. The number of aromatic nitrogens is 3. The lowest BCUT2D eigenvalue weighted by atomic mass is 9.70. The fourth-order valence-electron chi connectivity index (χ4n) is 23.9. The highest BCUT2D eigenvalue weighted by Crippen LogP contribution is 2.60. The Morgan fingerprint density at radius 2 is 0.400 bits per heavy atom. The second-order valence-electron chi connectivity index (χ2n) is 38.0. The minimum atomic E-state index is -0.00615. The molecule has 0 fully saturated rings. The molecule has 3 heteroatoms. The van der Waals surface area contributed by atoms with Crippen molar-refractivity contribution >= 4 is 65.4 Å². The van der Waals surface area contributed by atoms with E-state index in [0.717, 1.165) is 38.9 Å². The van der Waals surface area contributed by atoms with Gasteiger partial charge in [-0.3, -0.25) is 0 Å². The van der Waals surface area contributed by atoms with Gasteiger partial charge >= 0.3 is 0 Å². The van der Waals surface area contributed by atoms with Crippen molar-refractivity contribution in [2.24, 2.45) is 0 Å². The highest BCUT2D eigenvalue weighted by atomic mass is 15.0. The van der Waals surface area contributed by atoms with Gasteiger partial charge in [0.25, 0.3) is 0 Å². The molecule has 0 radical (unpaired) electrons. The van der Waals surface area contributed by atoms with Crippen LogP contribution in [0.2, 0.25) is 0 Å². The smallest absolute Gasteiger partial charge is 0.0614 e. The summed E-state index contributed by atoms with van der Waals surface area (Å²) < 4.78 is 8.74. The van der Waals surface area contributed by atoms with Crippen molar-refractivity contribution in [3.8, 4) is 66.8 Å². The molecule has 0 atom stereocenters. The Bertz CT molecular complexity index is 5040. The van der Waals surface area contributed by atoms with Crippen LogP contribution in [0, 0.1) is 0 Å². The van der Waals surface area contributed by atoms with Gasteiger partial charge in [0.05, 0.1) is 16.6 Å². The summed E-state index contributed by atoms with van der Waals surface area (Å²) in [6.07, 6.45) is 52.5. The largest absolute Gasteiger partial charge is 0.340 e. The van der Waals surface area contributed by atoms with Crippen molar-refractivity contribution < 1.29 is 0 Å². The van der Waals surface area contributed by atoms with Crippen molar-refractivity contribution in [3.63, 3.8) is 0 Å². The fourth-order valence-corrected chi connectivity index (χ4v) is 23.9. The molecule has 10 aromatic carbocycles. The third-order valence-electron chi connectivity index (χ3n) is 30.2. The second-order valence-corrected chi connectivity index (χ2v) is 38.0. The maximum absolute atomic E-state index is 2.91. The van der Waals surface area contributed by atoms with E-state index in [0.29, 0.717) is 0 Å². The number of aryl methyl sites for hydroxylation is 3. The van der Waals surface area contributed by atoms with E-state index in [2.05, 4.69) is 258 Å². The SMILES string of the molecule is CCCCCCn1c2ccc(-c3ccc4c(c3)C(CCCCCC)(CCCCCC)c3ccccc3-4)cc2c2c1c1c3cc(-c4ccc5c(c4)C(CCCCCC)(CCCCCC)c4ccccc4-5)ccc3n(CCCCCC)c1c1c3cc(-c4ccc5c(c4)C(CCCCCC)(CCCCCC)c4ccccc4-5)ccc3n(CCCCCC)c21. The number of unbranched alkanes of at least 4 members (excludes halogenated alkanes) is 27. The summed E-state index contributed by atoms with van der Waals surface area (Å²) in [6, 6.07) is 76.2. The van der Waals surface area contributed by atoms with Gasteiger partial charge < -0.3 is 13.7 Å². The molecule has 0 N–H and O–H groups in total. The van der Waals surface area contributed by atoms with Gasteiger partial charge in [-0.05, 0) is 213 Å². The minimum absolute atomic E-state index is 0.00615. The first-order valence-corrected chi connectivity index (χ1v) is 49.9. The van der Waals surface area contributed by atoms with E-state index in [4.69, 9.17) is 0 Å². The lowest BCUT2D eigenvalue weighted by molar-refractivity contribution is 0.401. The number of hydrogen-bond acceptors (Lipinski definition) is 0. The van der Waals surface area contributed by atoms with Crippen molar-refractivity contribution in [1.29, 1.82) is 0 Å². The van der Waals surface area contributed by atoms with Gasteiger partial charge in [0.15, 0.2) is 0 Å². The Morgan fingerprint density at radius 3 is 0.642 bits per heavy atom. The number of benzene rings is 10. The molecule has 0 amide bonds. The molecule has 0 saturated heterocycles. The Hall–Kier alpha value is -8.40. The molecule has 0 unspecified atom stereocenters. The van der Waals surface area contributed by atoms with Crippen LogP contribution in [0.15, 0.2) is 182 Å². The van der Waals surface area contributed by atoms with Gasteiger partial charge in [0.2, 0.25) is 0 Å². The predicted octanol–water partition coefficient (Wildman–Crippen LogP) is 36.4. The highest BCUT2D eigenvalue weighted by molar-refractivity contribution is 6.40. The molecule has 0 spiro atoms. The zero-order valence-corrected chi connectivity index (χ0v) is 76.0. The van der Waals surface area contributed by atoms with Crippen LogP contribution in [-0.4, -0.2) is 13.7 Å². The maximum Gasteiger partial charge on any atom is 0.0614 e. The Morgan fingerprint density at radius 1 is 0.192 bits per heavy atom. The van der Waals surface area contributed by atoms with Crippen LogP contribution in [0.5, 0.6) is 0 Å². The zero-order valence-electron chi connectivity index (χ0n) is 76.0. The molecule has 3 aliphatic rings. The summed E-state index contributed by atoms with van der Waals surface area (Å²) in [5, 5.41) is 8.62. The van der Waals surface area contributed by atoms with Crippen LogP contribution in [0.1, 0.15) is 365 Å². The lowest BCUT2D eigenvalue weighted by Crippen LogP contribution is -2.25. The lowest BCUT2D eigenvalue weighted by Gasteiger charge is -2.33. The fraction of sp³-hybridized carbons (Fsp3) is 0.487. The van der Waals surface area contributed by atoms with Gasteiger partial charge in [0.1, 0.15) is 0 Å². The van der Waals surface area contributed by atoms with Crippen molar-refractivity contribution in [2.45, 2.75) is 368 Å². The van der Waals surface area contributed by atoms with Crippen LogP contribution < -0.4 is 0 Å². The maximum atomic E-state index is 2.91. The third-order valence-corrected chi connectivity index (χ3v) is 30.2. The molecule has 3 heterocycles. The average Bonchev–Trinajstić information content (AvgIpc) is 1.51. The average molecular weight is 1600 g/mol. The van der Waals surface area contributed by atoms with Crippen LogP contribution >= 0.6 is 0 Å². The van der Waals surface area contributed by atoms with Crippen LogP contribution in [-0.2, 0) is 35.9 Å². The first kappa shape index (κ1) is 85.2. The topological polar surface area (TPSA) is 14.8 Å². The molecule has 13 aromatic rings. The van der Waals surface area contributed by atoms with E-state index >= 15 is 0 Å². The first-order chi connectivity index (χ1) is 59.2. The summed E-state index contributed by atoms with van der Waals surface area (Å²) in [4.78, 5) is 0. The molecule has 3 nitrogen and oxygen atoms in total. The van der Waals surface area contributed by atoms with Crippen LogP contribution in [0.4, 0.5) is 0 Å². The van der Waals surface area contributed by atoms with E-state index in [1.54, 1.807) is 33.4 Å². The number of nitrogens with zero attached hydrogens (tertiary/aromatic N) is 3. The molecule has 120 heavy (non-hydrogen) atoms. The van der Waals surface area contributed by atoms with Crippen LogP contribution in [0.3, 0.4) is 0 Å². The van der Waals surface area contributed by atoms with Gasteiger partial charge in [-0.15, -0.1) is 0 Å². The van der Waals surface area contributed by atoms with Gasteiger partial charge in [-0.25, -0.2) is 0 Å².